The number of carboxylic acids is 1. The predicted octanol–water partition coefficient (Wildman–Crippen LogP) is 3.00. The van der Waals surface area contributed by atoms with Gasteiger partial charge in [0.25, 0.3) is 0 Å². The molecule has 0 spiro atoms. The highest BCUT2D eigenvalue weighted by Gasteiger charge is 1.99. The molecule has 0 unspecified atom stereocenters. The summed E-state index contributed by atoms with van der Waals surface area (Å²) < 4.78 is 0. The van der Waals surface area contributed by atoms with Crippen LogP contribution >= 0.6 is 23.2 Å². The third-order valence-corrected chi connectivity index (χ3v) is 1.95. The molecule has 1 aromatic rings. The smallest absolute Gasteiger partial charge is 0.329 e. The van der Waals surface area contributed by atoms with Crippen LogP contribution in [0.3, 0.4) is 0 Å². The molecule has 1 rings (SSSR count). The lowest BCUT2D eigenvalue weighted by Crippen LogP contribution is -1.88. The number of hydrogen-bond acceptors (Lipinski definition) is 1. The van der Waals surface area contributed by atoms with Crippen molar-refractivity contribution in [3.05, 3.63) is 40.9 Å². The van der Waals surface area contributed by atoms with E-state index in [0.29, 0.717) is 10.6 Å². The summed E-state index contributed by atoms with van der Waals surface area (Å²) in [6.07, 6.45) is 0.935. The van der Waals surface area contributed by atoms with Crippen molar-refractivity contribution in [2.24, 2.45) is 0 Å². The Balaban J connectivity index is 2.96. The average Bonchev–Trinajstić information content (AvgIpc) is 2.04. The van der Waals surface area contributed by atoms with E-state index in [4.69, 9.17) is 28.3 Å². The van der Waals surface area contributed by atoms with E-state index in [9.17, 15) is 4.79 Å². The molecular weight excluding hydrogens is 211 g/mol. The third-order valence-electron chi connectivity index (χ3n) is 1.37. The fraction of sp³-hybridized carbons (Fsp3) is 0. The van der Waals surface area contributed by atoms with E-state index in [1.165, 1.54) is 0 Å². The molecule has 0 heterocycles. The number of aliphatic carboxylic acids is 1. The second-order valence-electron chi connectivity index (χ2n) is 2.34. The van der Waals surface area contributed by atoms with Gasteiger partial charge in [-0.1, -0.05) is 35.3 Å². The van der Waals surface area contributed by atoms with Crippen LogP contribution < -0.4 is 0 Å². The minimum absolute atomic E-state index is 0.184. The minimum atomic E-state index is -1.07. The molecule has 0 saturated heterocycles. The Labute approximate surface area is 85.4 Å². The Bertz CT molecular complexity index is 341. The van der Waals surface area contributed by atoms with Crippen LogP contribution in [0.15, 0.2) is 30.3 Å². The molecule has 68 valence electrons. The topological polar surface area (TPSA) is 37.3 Å². The first-order valence-electron chi connectivity index (χ1n) is 3.45. The molecular formula is C9H6Cl2O2. The van der Waals surface area contributed by atoms with Crippen molar-refractivity contribution >= 4 is 34.2 Å². The largest absolute Gasteiger partial charge is 0.478 e. The van der Waals surface area contributed by atoms with Crippen molar-refractivity contribution in [2.75, 3.05) is 0 Å². The molecule has 0 atom stereocenters. The van der Waals surface area contributed by atoms with Crippen LogP contribution in [0.5, 0.6) is 0 Å². The monoisotopic (exact) mass is 216 g/mol. The average molecular weight is 217 g/mol. The summed E-state index contributed by atoms with van der Waals surface area (Å²) in [5.74, 6) is -1.07. The zero-order valence-electron chi connectivity index (χ0n) is 6.50. The molecule has 0 fully saturated rings. The normalized spacial score (nSPS) is 11.4. The van der Waals surface area contributed by atoms with Crippen molar-refractivity contribution in [1.82, 2.24) is 0 Å². The maximum atomic E-state index is 10.3. The van der Waals surface area contributed by atoms with Gasteiger partial charge in [0.2, 0.25) is 0 Å². The van der Waals surface area contributed by atoms with Crippen molar-refractivity contribution in [1.29, 1.82) is 0 Å². The summed E-state index contributed by atoms with van der Waals surface area (Å²) in [6.45, 7) is 0. The summed E-state index contributed by atoms with van der Waals surface area (Å²) >= 11 is 11.3. The molecule has 0 radical (unpaired) electrons. The highest BCUT2D eigenvalue weighted by Crippen LogP contribution is 2.20. The molecule has 0 aliphatic rings. The Hall–Kier alpha value is -0.990. The van der Waals surface area contributed by atoms with E-state index in [0.717, 1.165) is 6.08 Å². The molecule has 0 amide bonds. The standard InChI is InChI=1S/C9H6Cl2O2/c10-7-3-1-6(2-4-7)8(11)5-9(12)13/h1-5H,(H,12,13)/b8-5-. The molecule has 1 aromatic carbocycles. The lowest BCUT2D eigenvalue weighted by molar-refractivity contribution is -0.131. The van der Waals surface area contributed by atoms with Crippen LogP contribution in [0.1, 0.15) is 5.56 Å². The molecule has 1 N–H and O–H groups in total. The van der Waals surface area contributed by atoms with Gasteiger partial charge in [-0.15, -0.1) is 0 Å². The van der Waals surface area contributed by atoms with Gasteiger partial charge in [-0.2, -0.15) is 0 Å². The second-order valence-corrected chi connectivity index (χ2v) is 3.18. The number of rotatable bonds is 2. The van der Waals surface area contributed by atoms with Crippen molar-refractivity contribution in [2.45, 2.75) is 0 Å². The van der Waals surface area contributed by atoms with Gasteiger partial charge in [0.05, 0.1) is 5.03 Å². The first-order valence-corrected chi connectivity index (χ1v) is 4.21. The molecule has 0 bridgehead atoms. The number of hydrogen-bond donors (Lipinski definition) is 1. The van der Waals surface area contributed by atoms with E-state index in [1.807, 2.05) is 0 Å². The number of halogens is 2. The fourth-order valence-electron chi connectivity index (χ4n) is 0.801. The van der Waals surface area contributed by atoms with Crippen molar-refractivity contribution < 1.29 is 9.90 Å². The Kier molecular flexibility index (Phi) is 3.34. The van der Waals surface area contributed by atoms with Crippen LogP contribution in [-0.4, -0.2) is 11.1 Å². The molecule has 13 heavy (non-hydrogen) atoms. The van der Waals surface area contributed by atoms with Gasteiger partial charge in [-0.05, 0) is 17.7 Å². The summed E-state index contributed by atoms with van der Waals surface area (Å²) in [7, 11) is 0. The van der Waals surface area contributed by atoms with Crippen LogP contribution in [0.25, 0.3) is 5.03 Å². The summed E-state index contributed by atoms with van der Waals surface area (Å²) in [5.41, 5.74) is 0.633. The molecule has 2 nitrogen and oxygen atoms in total. The summed E-state index contributed by atoms with van der Waals surface area (Å²) in [6, 6.07) is 6.61. The highest BCUT2D eigenvalue weighted by molar-refractivity contribution is 6.50. The van der Waals surface area contributed by atoms with E-state index < -0.39 is 5.97 Å². The Morgan fingerprint density at radius 1 is 1.31 bits per heavy atom. The van der Waals surface area contributed by atoms with E-state index in [2.05, 4.69) is 0 Å². The highest BCUT2D eigenvalue weighted by atomic mass is 35.5. The van der Waals surface area contributed by atoms with Crippen LogP contribution in [0, 0.1) is 0 Å². The number of carbonyl (C=O) groups is 1. The number of benzene rings is 1. The summed E-state index contributed by atoms with van der Waals surface area (Å²) in [4.78, 5) is 10.3. The van der Waals surface area contributed by atoms with Gasteiger partial charge in [0.1, 0.15) is 0 Å². The van der Waals surface area contributed by atoms with Gasteiger partial charge in [-0.3, -0.25) is 0 Å². The molecule has 4 heteroatoms. The van der Waals surface area contributed by atoms with Crippen LogP contribution in [-0.2, 0) is 4.79 Å². The van der Waals surface area contributed by atoms with Crippen molar-refractivity contribution in [3.63, 3.8) is 0 Å². The van der Waals surface area contributed by atoms with Crippen LogP contribution in [0.4, 0.5) is 0 Å². The van der Waals surface area contributed by atoms with Gasteiger partial charge >= 0.3 is 5.97 Å². The van der Waals surface area contributed by atoms with Gasteiger partial charge in [0, 0.05) is 11.1 Å². The van der Waals surface area contributed by atoms with Gasteiger partial charge in [-0.25, -0.2) is 4.79 Å². The SMILES string of the molecule is O=C(O)/C=C(\Cl)c1ccc(Cl)cc1. The van der Waals surface area contributed by atoms with Gasteiger partial charge in [0.15, 0.2) is 0 Å². The minimum Gasteiger partial charge on any atom is -0.478 e. The Morgan fingerprint density at radius 3 is 2.31 bits per heavy atom. The number of carboxylic acid groups (broad SMARTS) is 1. The lowest BCUT2D eigenvalue weighted by Gasteiger charge is -1.97. The molecule has 0 aromatic heterocycles. The van der Waals surface area contributed by atoms with E-state index >= 15 is 0 Å². The van der Waals surface area contributed by atoms with E-state index in [1.54, 1.807) is 24.3 Å². The summed E-state index contributed by atoms with van der Waals surface area (Å²) in [5, 5.41) is 9.18. The van der Waals surface area contributed by atoms with E-state index in [-0.39, 0.29) is 5.03 Å². The third kappa shape index (κ3) is 3.09. The van der Waals surface area contributed by atoms with Crippen molar-refractivity contribution in [3.8, 4) is 0 Å². The first-order chi connectivity index (χ1) is 6.09. The fourth-order valence-corrected chi connectivity index (χ4v) is 1.15. The predicted molar refractivity (Wildman–Crippen MR) is 52.9 cm³/mol. The van der Waals surface area contributed by atoms with Crippen LogP contribution in [0.2, 0.25) is 5.02 Å². The second kappa shape index (κ2) is 4.30. The maximum absolute atomic E-state index is 10.3. The first kappa shape index (κ1) is 10.1. The zero-order valence-corrected chi connectivity index (χ0v) is 8.01. The molecule has 0 aliphatic heterocycles. The lowest BCUT2D eigenvalue weighted by atomic mass is 10.2. The maximum Gasteiger partial charge on any atom is 0.329 e. The molecule has 0 saturated carbocycles. The molecule has 0 aliphatic carbocycles. The zero-order chi connectivity index (χ0) is 9.84. The quantitative estimate of drug-likeness (QED) is 0.773. The Morgan fingerprint density at radius 2 is 1.85 bits per heavy atom. The van der Waals surface area contributed by atoms with Gasteiger partial charge < -0.3 is 5.11 Å².